The molecule has 0 spiro atoms. The Kier molecular flexibility index (Phi) is 3.94. The smallest absolute Gasteiger partial charge is 0.270 e. The molecule has 27 heavy (non-hydrogen) atoms. The highest BCUT2D eigenvalue weighted by atomic mass is 16.6. The number of rotatable bonds is 4. The third-order valence-electron chi connectivity index (χ3n) is 4.85. The quantitative estimate of drug-likeness (QED) is 0.459. The molecule has 4 rings (SSSR count). The van der Waals surface area contributed by atoms with Gasteiger partial charge in [-0.1, -0.05) is 0 Å². The number of aromatic nitrogens is 2. The van der Waals surface area contributed by atoms with Crippen LogP contribution in [0.25, 0.3) is 0 Å². The second-order valence-corrected chi connectivity index (χ2v) is 6.56. The Morgan fingerprint density at radius 1 is 1.33 bits per heavy atom. The van der Waals surface area contributed by atoms with E-state index in [0.29, 0.717) is 6.42 Å². The minimum absolute atomic E-state index is 0.0539. The second-order valence-electron chi connectivity index (χ2n) is 6.56. The van der Waals surface area contributed by atoms with Crippen LogP contribution in [-0.4, -0.2) is 50.3 Å². The van der Waals surface area contributed by atoms with Crippen LogP contribution in [-0.2, 0) is 17.6 Å². The number of benzene rings is 1. The average molecular weight is 369 g/mol. The van der Waals surface area contributed by atoms with Gasteiger partial charge in [0.2, 0.25) is 5.91 Å². The van der Waals surface area contributed by atoms with Gasteiger partial charge in [0.05, 0.1) is 22.2 Å². The van der Waals surface area contributed by atoms with Crippen LogP contribution in [0.15, 0.2) is 24.4 Å². The first-order valence-corrected chi connectivity index (χ1v) is 8.39. The van der Waals surface area contributed by atoms with Gasteiger partial charge in [-0.15, -0.1) is 0 Å². The summed E-state index contributed by atoms with van der Waals surface area (Å²) in [5.41, 5.74) is 1.83. The molecular formula is C17H15N5O5. The van der Waals surface area contributed by atoms with Crippen molar-refractivity contribution < 1.29 is 19.3 Å². The summed E-state index contributed by atoms with van der Waals surface area (Å²) in [6, 6.07) is 3.36. The van der Waals surface area contributed by atoms with E-state index in [1.165, 1.54) is 6.07 Å². The summed E-state index contributed by atoms with van der Waals surface area (Å²) >= 11 is 0. The summed E-state index contributed by atoms with van der Waals surface area (Å²) in [4.78, 5) is 48.2. The van der Waals surface area contributed by atoms with Crippen LogP contribution in [0.5, 0.6) is 0 Å². The van der Waals surface area contributed by atoms with E-state index in [9.17, 15) is 24.5 Å². The van der Waals surface area contributed by atoms with E-state index in [-0.39, 0.29) is 22.9 Å². The molecule has 0 fully saturated rings. The number of imide groups is 1. The van der Waals surface area contributed by atoms with E-state index in [1.807, 2.05) is 0 Å². The molecule has 1 aromatic carbocycles. The highest BCUT2D eigenvalue weighted by Crippen LogP contribution is 2.26. The maximum absolute atomic E-state index is 12.4. The Hall–Kier alpha value is -3.56. The molecule has 0 saturated carbocycles. The molecule has 1 unspecified atom stereocenters. The highest BCUT2D eigenvalue weighted by Gasteiger charge is 2.38. The monoisotopic (exact) mass is 369 g/mol. The van der Waals surface area contributed by atoms with Crippen molar-refractivity contribution in [3.8, 4) is 0 Å². The molecule has 1 aliphatic heterocycles. The first-order chi connectivity index (χ1) is 12.9. The average Bonchev–Trinajstić information content (AvgIpc) is 3.20. The molecule has 10 heteroatoms. The summed E-state index contributed by atoms with van der Waals surface area (Å²) in [6.07, 6.45) is 3.90. The number of aryl methyl sites for hydroxylation is 1. The Bertz CT molecular complexity index is 982. The standard InChI is InChI=1S/C17H15N5O5/c23-15(19-10-2-1-9-7-18-20-14(9)5-10)8-21-16(24)12-4-3-11(22(26)27)6-13(12)17(21)25/h3-4,6-7,10H,1-2,5,8H2,(H,18,20)(H,19,23). The van der Waals surface area contributed by atoms with Gasteiger partial charge in [0.1, 0.15) is 6.54 Å². The fraction of sp³-hybridized carbons (Fsp3) is 0.294. The Balaban J connectivity index is 1.44. The number of hydrogen-bond donors (Lipinski definition) is 2. The Labute approximate surface area is 152 Å². The van der Waals surface area contributed by atoms with Crippen molar-refractivity contribution in [2.75, 3.05) is 6.54 Å². The van der Waals surface area contributed by atoms with Crippen LogP contribution >= 0.6 is 0 Å². The lowest BCUT2D eigenvalue weighted by Gasteiger charge is -2.23. The van der Waals surface area contributed by atoms with Crippen LogP contribution in [0.3, 0.4) is 0 Å². The number of nitrogens with one attached hydrogen (secondary N) is 2. The maximum atomic E-state index is 12.4. The number of non-ortho nitro benzene ring substituents is 1. The molecule has 3 amide bonds. The van der Waals surface area contributed by atoms with Crippen LogP contribution in [0.4, 0.5) is 5.69 Å². The van der Waals surface area contributed by atoms with E-state index in [1.54, 1.807) is 6.20 Å². The van der Waals surface area contributed by atoms with E-state index < -0.39 is 29.2 Å². The van der Waals surface area contributed by atoms with E-state index >= 15 is 0 Å². The zero-order valence-corrected chi connectivity index (χ0v) is 14.1. The van der Waals surface area contributed by atoms with Crippen LogP contribution < -0.4 is 5.32 Å². The molecule has 1 aliphatic carbocycles. The number of fused-ring (bicyclic) bond motifs is 2. The molecule has 138 valence electrons. The normalized spacial score (nSPS) is 18.2. The first-order valence-electron chi connectivity index (χ1n) is 8.39. The van der Waals surface area contributed by atoms with Gasteiger partial charge in [0.15, 0.2) is 0 Å². The van der Waals surface area contributed by atoms with Gasteiger partial charge in [-0.05, 0) is 24.5 Å². The second kappa shape index (κ2) is 6.31. The molecule has 0 radical (unpaired) electrons. The number of hydrogen-bond acceptors (Lipinski definition) is 6. The minimum atomic E-state index is -0.701. The van der Waals surface area contributed by atoms with Gasteiger partial charge < -0.3 is 5.32 Å². The van der Waals surface area contributed by atoms with Gasteiger partial charge in [0.25, 0.3) is 17.5 Å². The number of carbonyl (C=O) groups is 3. The number of amides is 3. The Morgan fingerprint density at radius 2 is 2.11 bits per heavy atom. The van der Waals surface area contributed by atoms with Crippen molar-refractivity contribution in [1.82, 2.24) is 20.4 Å². The van der Waals surface area contributed by atoms with Crippen molar-refractivity contribution in [2.45, 2.75) is 25.3 Å². The number of nitro benzene ring substituents is 1. The summed E-state index contributed by atoms with van der Waals surface area (Å²) in [7, 11) is 0. The summed E-state index contributed by atoms with van der Waals surface area (Å²) in [5.74, 6) is -1.78. The molecule has 0 saturated heterocycles. The topological polar surface area (TPSA) is 138 Å². The number of nitro groups is 1. The third kappa shape index (κ3) is 2.94. The summed E-state index contributed by atoms with van der Waals surface area (Å²) in [6.45, 7) is -0.424. The number of H-pyrrole nitrogens is 1. The molecule has 2 aromatic rings. The van der Waals surface area contributed by atoms with Gasteiger partial charge in [-0.2, -0.15) is 5.10 Å². The Morgan fingerprint density at radius 3 is 2.89 bits per heavy atom. The van der Waals surface area contributed by atoms with Crippen molar-refractivity contribution >= 4 is 23.4 Å². The lowest BCUT2D eigenvalue weighted by molar-refractivity contribution is -0.384. The van der Waals surface area contributed by atoms with Gasteiger partial charge in [-0.3, -0.25) is 34.5 Å². The molecule has 2 heterocycles. The lowest BCUT2D eigenvalue weighted by Crippen LogP contribution is -2.45. The van der Waals surface area contributed by atoms with E-state index in [2.05, 4.69) is 15.5 Å². The number of nitrogens with zero attached hydrogens (tertiary/aromatic N) is 3. The molecule has 1 atom stereocenters. The van der Waals surface area contributed by atoms with Crippen LogP contribution in [0, 0.1) is 10.1 Å². The number of aromatic amines is 1. The third-order valence-corrected chi connectivity index (χ3v) is 4.85. The van der Waals surface area contributed by atoms with Crippen molar-refractivity contribution in [1.29, 1.82) is 0 Å². The molecule has 1 aromatic heterocycles. The van der Waals surface area contributed by atoms with Crippen molar-refractivity contribution in [3.63, 3.8) is 0 Å². The molecule has 2 aliphatic rings. The maximum Gasteiger partial charge on any atom is 0.270 e. The summed E-state index contributed by atoms with van der Waals surface area (Å²) in [5, 5.41) is 20.6. The SMILES string of the molecule is O=C(CN1C(=O)c2ccc([N+](=O)[O-])cc2C1=O)NC1CCc2cn[nH]c2C1. The van der Waals surface area contributed by atoms with E-state index in [4.69, 9.17) is 0 Å². The lowest BCUT2D eigenvalue weighted by atomic mass is 9.94. The first kappa shape index (κ1) is 16.9. The predicted molar refractivity (Wildman–Crippen MR) is 91.0 cm³/mol. The molecule has 2 N–H and O–H groups in total. The summed E-state index contributed by atoms with van der Waals surface area (Å²) < 4.78 is 0. The van der Waals surface area contributed by atoms with Crippen LogP contribution in [0.1, 0.15) is 38.4 Å². The molecular weight excluding hydrogens is 354 g/mol. The fourth-order valence-corrected chi connectivity index (χ4v) is 3.48. The minimum Gasteiger partial charge on any atom is -0.351 e. The van der Waals surface area contributed by atoms with Crippen LogP contribution in [0.2, 0.25) is 0 Å². The number of carbonyl (C=O) groups excluding carboxylic acids is 3. The molecule has 10 nitrogen and oxygen atoms in total. The largest absolute Gasteiger partial charge is 0.351 e. The molecule has 0 bridgehead atoms. The predicted octanol–water partition coefficient (Wildman–Crippen LogP) is 0.588. The highest BCUT2D eigenvalue weighted by molar-refractivity contribution is 6.22. The van der Waals surface area contributed by atoms with Crippen molar-refractivity contribution in [3.05, 3.63) is 56.9 Å². The fourth-order valence-electron chi connectivity index (χ4n) is 3.48. The van der Waals surface area contributed by atoms with Gasteiger partial charge in [0, 0.05) is 30.3 Å². The van der Waals surface area contributed by atoms with E-state index in [0.717, 1.165) is 41.1 Å². The van der Waals surface area contributed by atoms with Gasteiger partial charge in [-0.25, -0.2) is 0 Å². The zero-order chi connectivity index (χ0) is 19.1. The van der Waals surface area contributed by atoms with Gasteiger partial charge >= 0.3 is 0 Å². The zero-order valence-electron chi connectivity index (χ0n) is 14.1. The van der Waals surface area contributed by atoms with Crippen molar-refractivity contribution in [2.24, 2.45) is 0 Å².